The lowest BCUT2D eigenvalue weighted by Crippen LogP contribution is -2.40. The molecule has 6 nitrogen and oxygen atoms in total. The van der Waals surface area contributed by atoms with Crippen molar-refractivity contribution in [2.45, 2.75) is 19.5 Å². The van der Waals surface area contributed by atoms with Crippen molar-refractivity contribution < 1.29 is 13.2 Å². The molecule has 0 radical (unpaired) electrons. The van der Waals surface area contributed by atoms with Gasteiger partial charge in [0.2, 0.25) is 0 Å². The van der Waals surface area contributed by atoms with Gasteiger partial charge in [0.25, 0.3) is 5.56 Å². The van der Waals surface area contributed by atoms with Gasteiger partial charge in [-0.05, 0) is 18.9 Å². The number of aromatic nitrogens is 2. The molecular weight excluding hydrogens is 325 g/mol. The van der Waals surface area contributed by atoms with Gasteiger partial charge >= 0.3 is 11.9 Å². The minimum absolute atomic E-state index is 0.0754. The van der Waals surface area contributed by atoms with Crippen molar-refractivity contribution in [2.75, 3.05) is 37.6 Å². The molecule has 0 unspecified atom stereocenters. The second-order valence-corrected chi connectivity index (χ2v) is 6.29. The van der Waals surface area contributed by atoms with Crippen LogP contribution in [0, 0.1) is 5.92 Å². The van der Waals surface area contributed by atoms with Crippen LogP contribution in [0.2, 0.25) is 0 Å². The fourth-order valence-electron chi connectivity index (χ4n) is 3.14. The van der Waals surface area contributed by atoms with Crippen LogP contribution in [0.3, 0.4) is 0 Å². The first kappa shape index (κ1) is 18.6. The molecule has 0 spiro atoms. The second kappa shape index (κ2) is 7.00. The van der Waals surface area contributed by atoms with Gasteiger partial charge < -0.3 is 4.90 Å². The molecule has 0 aliphatic carbocycles. The van der Waals surface area contributed by atoms with Crippen molar-refractivity contribution >= 4 is 5.82 Å². The molecule has 0 saturated carbocycles. The van der Waals surface area contributed by atoms with E-state index in [1.807, 2.05) is 4.90 Å². The van der Waals surface area contributed by atoms with E-state index in [2.05, 4.69) is 0 Å². The lowest BCUT2D eigenvalue weighted by molar-refractivity contribution is -0.146. The van der Waals surface area contributed by atoms with E-state index in [4.69, 9.17) is 0 Å². The summed E-state index contributed by atoms with van der Waals surface area (Å²) in [6.45, 7) is 2.64. The highest BCUT2D eigenvalue weighted by molar-refractivity contribution is 5.39. The highest BCUT2D eigenvalue weighted by Gasteiger charge is 2.32. The number of hydrogen-bond acceptors (Lipinski definition) is 4. The van der Waals surface area contributed by atoms with E-state index >= 15 is 0 Å². The monoisotopic (exact) mass is 348 g/mol. The lowest BCUT2D eigenvalue weighted by atomic mass is 10.1. The van der Waals surface area contributed by atoms with Crippen LogP contribution in [-0.4, -0.2) is 52.9 Å². The molecule has 1 fully saturated rings. The van der Waals surface area contributed by atoms with Crippen LogP contribution in [0.4, 0.5) is 19.0 Å². The predicted molar refractivity (Wildman–Crippen MR) is 85.4 cm³/mol. The number of rotatable bonds is 5. The van der Waals surface area contributed by atoms with Crippen molar-refractivity contribution in [3.8, 4) is 0 Å². The minimum atomic E-state index is -4.20. The summed E-state index contributed by atoms with van der Waals surface area (Å²) >= 11 is 0. The van der Waals surface area contributed by atoms with Crippen LogP contribution in [-0.2, 0) is 14.1 Å². The summed E-state index contributed by atoms with van der Waals surface area (Å²) in [5, 5.41) is 0. The summed E-state index contributed by atoms with van der Waals surface area (Å²) in [6.07, 6.45) is -3.47. The Balaban J connectivity index is 2.08. The standard InChI is InChI=1S/C15H23F3N4O2/c1-4-21(10-15(16,17)18)8-11-5-6-22(9-11)12-7-13(23)20(3)14(24)19(12)2/h7,11H,4-6,8-10H2,1-3H3/t11-/m1/s1. The number of alkyl halides is 3. The van der Waals surface area contributed by atoms with Gasteiger partial charge in [-0.1, -0.05) is 6.92 Å². The van der Waals surface area contributed by atoms with E-state index in [0.717, 1.165) is 11.0 Å². The van der Waals surface area contributed by atoms with Crippen molar-refractivity contribution in [1.29, 1.82) is 0 Å². The Hall–Kier alpha value is -1.77. The zero-order chi connectivity index (χ0) is 18.1. The highest BCUT2D eigenvalue weighted by atomic mass is 19.4. The van der Waals surface area contributed by atoms with E-state index in [-0.39, 0.29) is 11.5 Å². The van der Waals surface area contributed by atoms with E-state index < -0.39 is 18.4 Å². The molecule has 1 saturated heterocycles. The maximum atomic E-state index is 12.6. The second-order valence-electron chi connectivity index (χ2n) is 6.29. The molecule has 0 bridgehead atoms. The molecule has 0 amide bonds. The number of hydrogen-bond donors (Lipinski definition) is 0. The van der Waals surface area contributed by atoms with Crippen LogP contribution < -0.4 is 16.1 Å². The lowest BCUT2D eigenvalue weighted by Gasteiger charge is -2.26. The molecule has 2 rings (SSSR count). The average molecular weight is 348 g/mol. The Morgan fingerprint density at radius 1 is 1.25 bits per heavy atom. The molecule has 1 aromatic heterocycles. The van der Waals surface area contributed by atoms with Crippen LogP contribution in [0.1, 0.15) is 13.3 Å². The highest BCUT2D eigenvalue weighted by Crippen LogP contribution is 2.24. The van der Waals surface area contributed by atoms with Gasteiger partial charge in [0.15, 0.2) is 0 Å². The summed E-state index contributed by atoms with van der Waals surface area (Å²) in [5.41, 5.74) is -0.794. The normalized spacial score (nSPS) is 18.6. The molecule has 2 heterocycles. The Bertz CT molecular complexity index is 695. The van der Waals surface area contributed by atoms with Crippen LogP contribution >= 0.6 is 0 Å². The molecule has 1 aliphatic rings. The van der Waals surface area contributed by atoms with E-state index in [1.54, 1.807) is 14.0 Å². The first-order chi connectivity index (χ1) is 11.1. The molecular formula is C15H23F3N4O2. The first-order valence-corrected chi connectivity index (χ1v) is 7.93. The zero-order valence-corrected chi connectivity index (χ0v) is 14.1. The molecule has 136 valence electrons. The summed E-state index contributed by atoms with van der Waals surface area (Å²) in [4.78, 5) is 27.1. The molecule has 1 aromatic rings. The van der Waals surface area contributed by atoms with Crippen LogP contribution in [0.5, 0.6) is 0 Å². The van der Waals surface area contributed by atoms with Gasteiger partial charge in [0.1, 0.15) is 5.82 Å². The van der Waals surface area contributed by atoms with Crippen molar-refractivity contribution in [1.82, 2.24) is 14.0 Å². The first-order valence-electron chi connectivity index (χ1n) is 7.93. The van der Waals surface area contributed by atoms with Gasteiger partial charge in [0, 0.05) is 39.8 Å². The minimum Gasteiger partial charge on any atom is -0.357 e. The van der Waals surface area contributed by atoms with Crippen molar-refractivity contribution in [3.05, 3.63) is 26.9 Å². The SMILES string of the molecule is CCN(C[C@H]1CCN(c2cc(=O)n(C)c(=O)n2C)C1)CC(F)(F)F. The van der Waals surface area contributed by atoms with Crippen molar-refractivity contribution in [3.63, 3.8) is 0 Å². The summed E-state index contributed by atoms with van der Waals surface area (Å²) in [6, 6.07) is 1.40. The Morgan fingerprint density at radius 2 is 1.92 bits per heavy atom. The molecule has 24 heavy (non-hydrogen) atoms. The number of anilines is 1. The fraction of sp³-hybridized carbons (Fsp3) is 0.733. The van der Waals surface area contributed by atoms with E-state index in [1.165, 1.54) is 22.6 Å². The Morgan fingerprint density at radius 3 is 2.50 bits per heavy atom. The average Bonchev–Trinajstić information content (AvgIpc) is 2.95. The Labute approximate surface area is 138 Å². The molecule has 1 aliphatic heterocycles. The fourth-order valence-corrected chi connectivity index (χ4v) is 3.14. The maximum absolute atomic E-state index is 12.6. The zero-order valence-electron chi connectivity index (χ0n) is 14.1. The van der Waals surface area contributed by atoms with Gasteiger partial charge in [0.05, 0.1) is 6.54 Å². The smallest absolute Gasteiger partial charge is 0.357 e. The Kier molecular flexibility index (Phi) is 5.42. The van der Waals surface area contributed by atoms with Gasteiger partial charge in [-0.3, -0.25) is 18.8 Å². The summed E-state index contributed by atoms with van der Waals surface area (Å²) in [5.74, 6) is 0.593. The van der Waals surface area contributed by atoms with Crippen LogP contribution in [0.25, 0.3) is 0 Å². The largest absolute Gasteiger partial charge is 0.401 e. The third-order valence-electron chi connectivity index (χ3n) is 4.48. The molecule has 9 heteroatoms. The topological polar surface area (TPSA) is 50.5 Å². The third-order valence-corrected chi connectivity index (χ3v) is 4.48. The van der Waals surface area contributed by atoms with Gasteiger partial charge in [-0.2, -0.15) is 13.2 Å². The molecule has 1 atom stereocenters. The molecule has 0 aromatic carbocycles. The quantitative estimate of drug-likeness (QED) is 0.790. The van der Waals surface area contributed by atoms with E-state index in [0.29, 0.717) is 32.0 Å². The number of halogens is 3. The molecule has 0 N–H and O–H groups in total. The predicted octanol–water partition coefficient (Wildman–Crippen LogP) is 0.794. The van der Waals surface area contributed by atoms with Crippen LogP contribution in [0.15, 0.2) is 15.7 Å². The van der Waals surface area contributed by atoms with Gasteiger partial charge in [-0.25, -0.2) is 4.79 Å². The van der Waals surface area contributed by atoms with Crippen molar-refractivity contribution in [2.24, 2.45) is 20.0 Å². The van der Waals surface area contributed by atoms with Gasteiger partial charge in [-0.15, -0.1) is 0 Å². The third kappa shape index (κ3) is 4.19. The number of nitrogens with zero attached hydrogens (tertiary/aromatic N) is 4. The summed E-state index contributed by atoms with van der Waals surface area (Å²) < 4.78 is 40.1. The maximum Gasteiger partial charge on any atom is 0.401 e. The summed E-state index contributed by atoms with van der Waals surface area (Å²) in [7, 11) is 3.00. The van der Waals surface area contributed by atoms with E-state index in [9.17, 15) is 22.8 Å².